The van der Waals surface area contributed by atoms with E-state index in [-0.39, 0.29) is 42.4 Å². The second-order valence-corrected chi connectivity index (χ2v) is 10.2. The third-order valence-electron chi connectivity index (χ3n) is 7.45. The first kappa shape index (κ1) is 31.1. The van der Waals surface area contributed by atoms with Crippen molar-refractivity contribution in [2.45, 2.75) is 25.4 Å². The van der Waals surface area contributed by atoms with Crippen molar-refractivity contribution < 1.29 is 22.7 Å². The van der Waals surface area contributed by atoms with Gasteiger partial charge in [0.1, 0.15) is 35.4 Å². The maximum atomic E-state index is 13.5. The summed E-state index contributed by atoms with van der Waals surface area (Å²) in [7, 11) is 0. The molecule has 1 aromatic heterocycles. The molecule has 9 heteroatoms. The third kappa shape index (κ3) is 8.11. The number of hydrogen-bond donors (Lipinski definition) is 0. The molecule has 42 heavy (non-hydrogen) atoms. The summed E-state index contributed by atoms with van der Waals surface area (Å²) in [6.45, 7) is 3.91. The number of anilines is 1. The predicted molar refractivity (Wildman–Crippen MR) is 160 cm³/mol. The van der Waals surface area contributed by atoms with Gasteiger partial charge in [0.15, 0.2) is 0 Å². The van der Waals surface area contributed by atoms with Crippen LogP contribution in [-0.2, 0) is 11.3 Å². The van der Waals surface area contributed by atoms with Crippen LogP contribution in [0.2, 0.25) is 0 Å². The van der Waals surface area contributed by atoms with Gasteiger partial charge in [0.05, 0.1) is 0 Å². The maximum absolute atomic E-state index is 13.5. The highest BCUT2D eigenvalue weighted by molar-refractivity contribution is 5.94. The van der Waals surface area contributed by atoms with Crippen molar-refractivity contribution in [1.82, 2.24) is 9.88 Å². The summed E-state index contributed by atoms with van der Waals surface area (Å²) in [5.41, 5.74) is 2.99. The quantitative estimate of drug-likeness (QED) is 0.185. The summed E-state index contributed by atoms with van der Waals surface area (Å²) in [4.78, 5) is 21.8. The van der Waals surface area contributed by atoms with Crippen LogP contribution in [-0.4, -0.2) is 48.6 Å². The Morgan fingerprint density at radius 2 is 1.45 bits per heavy atom. The highest BCUT2D eigenvalue weighted by atomic mass is 35.5. The molecule has 4 aromatic rings. The van der Waals surface area contributed by atoms with Gasteiger partial charge in [0, 0.05) is 38.3 Å². The molecule has 220 valence electrons. The van der Waals surface area contributed by atoms with Crippen molar-refractivity contribution in [3.8, 4) is 0 Å². The molecule has 0 atom stereocenters. The number of pyridine rings is 1. The topological polar surface area (TPSA) is 45.7 Å². The van der Waals surface area contributed by atoms with Crippen molar-refractivity contribution in [3.63, 3.8) is 0 Å². The van der Waals surface area contributed by atoms with Gasteiger partial charge in [0.25, 0.3) is 0 Å². The fraction of sp³-hybridized carbons (Fsp3) is 0.273. The second-order valence-electron chi connectivity index (χ2n) is 10.2. The van der Waals surface area contributed by atoms with E-state index in [2.05, 4.69) is 14.8 Å². The molecule has 1 aliphatic rings. The highest BCUT2D eigenvalue weighted by Crippen LogP contribution is 2.30. The lowest BCUT2D eigenvalue weighted by Gasteiger charge is -2.36. The summed E-state index contributed by atoms with van der Waals surface area (Å²) < 4.78 is 46.0. The van der Waals surface area contributed by atoms with Crippen LogP contribution in [0.5, 0.6) is 0 Å². The molecule has 1 saturated heterocycles. The highest BCUT2D eigenvalue weighted by Gasteiger charge is 2.24. The van der Waals surface area contributed by atoms with Crippen molar-refractivity contribution in [2.75, 3.05) is 37.6 Å². The van der Waals surface area contributed by atoms with E-state index < -0.39 is 5.97 Å². The molecule has 2 heterocycles. The van der Waals surface area contributed by atoms with Gasteiger partial charge in [-0.05, 0) is 84.6 Å². The summed E-state index contributed by atoms with van der Waals surface area (Å²) >= 11 is 0. The van der Waals surface area contributed by atoms with E-state index in [1.54, 1.807) is 54.7 Å². The Morgan fingerprint density at radius 1 is 0.810 bits per heavy atom. The average Bonchev–Trinajstić information content (AvgIpc) is 3.00. The number of nitrogens with zero attached hydrogens (tertiary/aromatic N) is 3. The van der Waals surface area contributed by atoms with Crippen LogP contribution >= 0.6 is 12.4 Å². The van der Waals surface area contributed by atoms with Crippen molar-refractivity contribution >= 4 is 24.2 Å². The van der Waals surface area contributed by atoms with Crippen LogP contribution in [0.3, 0.4) is 0 Å². The number of halogens is 4. The zero-order valence-electron chi connectivity index (χ0n) is 23.1. The first-order valence-electron chi connectivity index (χ1n) is 13.8. The number of carbonyl (C=O) groups is 1. The number of rotatable bonds is 10. The van der Waals surface area contributed by atoms with Crippen molar-refractivity contribution in [2.24, 2.45) is 0 Å². The molecule has 0 bridgehead atoms. The zero-order chi connectivity index (χ0) is 28.6. The molecule has 1 aliphatic heterocycles. The summed E-state index contributed by atoms with van der Waals surface area (Å²) in [6.07, 6.45) is 3.43. The number of aromatic nitrogens is 1. The van der Waals surface area contributed by atoms with Gasteiger partial charge in [-0.2, -0.15) is 0 Å². The smallest absolute Gasteiger partial charge is 0.342 e. The molecule has 0 radical (unpaired) electrons. The fourth-order valence-electron chi connectivity index (χ4n) is 5.28. The lowest BCUT2D eigenvalue weighted by atomic mass is 9.87. The van der Waals surface area contributed by atoms with Crippen LogP contribution in [0.15, 0.2) is 91.1 Å². The van der Waals surface area contributed by atoms with E-state index in [9.17, 15) is 18.0 Å². The van der Waals surface area contributed by atoms with E-state index in [0.29, 0.717) is 30.0 Å². The van der Waals surface area contributed by atoms with Gasteiger partial charge in [-0.3, -0.25) is 4.90 Å². The van der Waals surface area contributed by atoms with E-state index in [1.165, 1.54) is 36.4 Å². The maximum Gasteiger partial charge on any atom is 0.342 e. The number of carbonyl (C=O) groups excluding carboxylic acids is 1. The normalized spacial score (nSPS) is 13.6. The molecule has 3 aromatic carbocycles. The standard InChI is InChI=1S/C33H32F3N3O2.ClH/c34-27-12-8-25(9-13-27)30(26-10-14-28(35)15-11-26)7-3-17-38-18-20-39(21-19-38)32-31(6-2-16-37-32)33(40)41-23-24-4-1-5-29(36)22-24;/h1-2,4-6,8-16,22,30H,3,7,17-21,23H2;1H. The molecule has 5 nitrogen and oxygen atoms in total. The van der Waals surface area contributed by atoms with E-state index >= 15 is 0 Å². The SMILES string of the molecule is Cl.O=C(OCc1cccc(F)c1)c1cccnc1N1CCN(CCCC(c2ccc(F)cc2)c2ccc(F)cc2)CC1. The minimum Gasteiger partial charge on any atom is -0.457 e. The monoisotopic (exact) mass is 595 g/mol. The molecular formula is C33H33ClF3N3O2. The Balaban J connectivity index is 0.00000405. The van der Waals surface area contributed by atoms with Crippen LogP contribution in [0.4, 0.5) is 19.0 Å². The van der Waals surface area contributed by atoms with Crippen molar-refractivity contribution in [3.05, 3.63) is 131 Å². The Kier molecular flexibility index (Phi) is 11.0. The minimum atomic E-state index is -0.493. The van der Waals surface area contributed by atoms with Gasteiger partial charge in [-0.15, -0.1) is 12.4 Å². The largest absolute Gasteiger partial charge is 0.457 e. The van der Waals surface area contributed by atoms with Gasteiger partial charge in [-0.25, -0.2) is 22.9 Å². The molecule has 0 spiro atoms. The lowest BCUT2D eigenvalue weighted by Crippen LogP contribution is -2.47. The van der Waals surface area contributed by atoms with E-state index in [0.717, 1.165) is 43.6 Å². The van der Waals surface area contributed by atoms with Gasteiger partial charge >= 0.3 is 5.97 Å². The fourth-order valence-corrected chi connectivity index (χ4v) is 5.28. The Morgan fingerprint density at radius 3 is 2.07 bits per heavy atom. The number of hydrogen-bond acceptors (Lipinski definition) is 5. The number of benzene rings is 3. The van der Waals surface area contributed by atoms with Crippen LogP contribution in [0.1, 0.15) is 45.8 Å². The van der Waals surface area contributed by atoms with Crippen molar-refractivity contribution in [1.29, 1.82) is 0 Å². The Hall–Kier alpha value is -3.88. The molecular weight excluding hydrogens is 563 g/mol. The van der Waals surface area contributed by atoms with Crippen LogP contribution < -0.4 is 4.90 Å². The summed E-state index contributed by atoms with van der Waals surface area (Å²) in [5, 5.41) is 0. The molecule has 0 N–H and O–H groups in total. The predicted octanol–water partition coefficient (Wildman–Crippen LogP) is 7.01. The summed E-state index contributed by atoms with van der Waals surface area (Å²) in [5.74, 6) is -0.788. The van der Waals surface area contributed by atoms with Gasteiger partial charge in [0.2, 0.25) is 0 Å². The molecule has 0 unspecified atom stereocenters. The van der Waals surface area contributed by atoms with E-state index in [4.69, 9.17) is 4.74 Å². The van der Waals surface area contributed by atoms with Gasteiger partial charge < -0.3 is 9.64 Å². The third-order valence-corrected chi connectivity index (χ3v) is 7.45. The summed E-state index contributed by atoms with van der Waals surface area (Å²) in [6, 6.07) is 22.5. The zero-order valence-corrected chi connectivity index (χ0v) is 23.9. The molecule has 0 aliphatic carbocycles. The average molecular weight is 596 g/mol. The first-order valence-corrected chi connectivity index (χ1v) is 13.8. The Labute approximate surface area is 250 Å². The minimum absolute atomic E-state index is 0. The van der Waals surface area contributed by atoms with Crippen LogP contribution in [0.25, 0.3) is 0 Å². The second kappa shape index (κ2) is 14.8. The Bertz CT molecular complexity index is 1400. The molecule has 0 amide bonds. The lowest BCUT2D eigenvalue weighted by molar-refractivity contribution is 0.0472. The van der Waals surface area contributed by atoms with E-state index in [1.807, 2.05) is 0 Å². The number of ether oxygens (including phenoxy) is 1. The molecule has 0 saturated carbocycles. The first-order chi connectivity index (χ1) is 20.0. The molecule has 1 fully saturated rings. The van der Waals surface area contributed by atoms with Crippen LogP contribution in [0, 0.1) is 17.5 Å². The van der Waals surface area contributed by atoms with Gasteiger partial charge in [-0.1, -0.05) is 36.4 Å². The molecule has 5 rings (SSSR count). The number of esters is 1. The number of piperazine rings is 1.